The van der Waals surface area contributed by atoms with Crippen LogP contribution in [0.3, 0.4) is 0 Å². The van der Waals surface area contributed by atoms with Gasteiger partial charge in [-0.3, -0.25) is 9.10 Å². The minimum Gasteiger partial charge on any atom is -0.486 e. The summed E-state index contributed by atoms with van der Waals surface area (Å²) in [5.74, 6) is -0.991. The quantitative estimate of drug-likeness (QED) is 0.210. The van der Waals surface area contributed by atoms with Crippen LogP contribution in [0.1, 0.15) is 55.2 Å². The standard InChI is InChI=1S/C30H28ClF2NO5S/c1-18(30-24(31)4-3-5-26(30)33)14-19-6-12-28-27(15-19)34(17-21(39-28)9-13-29(35)38-2)40(36,37)22-10-11-25(32)23(16-22)20-7-8-20/h3-6,10-12,14-16,20-21H,7-9,13,17H2,1-2H3/b18-14+/t21-/m0/s1. The van der Waals surface area contributed by atoms with Gasteiger partial charge in [-0.15, -0.1) is 0 Å². The highest BCUT2D eigenvalue weighted by Gasteiger charge is 2.36. The number of ether oxygens (including phenoxy) is 2. The molecule has 5 rings (SSSR count). The van der Waals surface area contributed by atoms with Crippen molar-refractivity contribution in [1.29, 1.82) is 0 Å². The summed E-state index contributed by atoms with van der Waals surface area (Å²) in [6.45, 7) is 1.66. The summed E-state index contributed by atoms with van der Waals surface area (Å²) in [6, 6.07) is 13.3. The summed E-state index contributed by atoms with van der Waals surface area (Å²) in [6.07, 6.45) is 3.01. The van der Waals surface area contributed by atoms with Gasteiger partial charge in [0.1, 0.15) is 23.5 Å². The molecule has 210 valence electrons. The number of esters is 1. The molecule has 0 saturated heterocycles. The fourth-order valence-corrected chi connectivity index (χ4v) is 6.74. The van der Waals surface area contributed by atoms with E-state index in [1.54, 1.807) is 37.3 Å². The second kappa shape index (κ2) is 11.2. The molecule has 10 heteroatoms. The molecule has 0 N–H and O–H groups in total. The van der Waals surface area contributed by atoms with Crippen molar-refractivity contribution in [2.24, 2.45) is 0 Å². The Morgan fingerprint density at radius 1 is 1.12 bits per heavy atom. The molecule has 0 unspecified atom stereocenters. The Balaban J connectivity index is 1.55. The van der Waals surface area contributed by atoms with Crippen molar-refractivity contribution in [3.63, 3.8) is 0 Å². The third-order valence-electron chi connectivity index (χ3n) is 7.13. The zero-order valence-electron chi connectivity index (χ0n) is 22.0. The third kappa shape index (κ3) is 5.71. The molecular weight excluding hydrogens is 560 g/mol. The van der Waals surface area contributed by atoms with Crippen LogP contribution >= 0.6 is 11.6 Å². The molecule has 1 fully saturated rings. The number of nitrogens with zero attached hydrogens (tertiary/aromatic N) is 1. The molecule has 1 aliphatic carbocycles. The van der Waals surface area contributed by atoms with Gasteiger partial charge >= 0.3 is 5.97 Å². The Bertz CT molecular complexity index is 1580. The van der Waals surface area contributed by atoms with Crippen LogP contribution in [0, 0.1) is 11.6 Å². The van der Waals surface area contributed by atoms with Crippen LogP contribution in [0.2, 0.25) is 5.02 Å². The van der Waals surface area contributed by atoms with Gasteiger partial charge in [0.15, 0.2) is 0 Å². The second-order valence-electron chi connectivity index (χ2n) is 10.00. The molecule has 1 atom stereocenters. The maximum absolute atomic E-state index is 14.5. The van der Waals surface area contributed by atoms with Crippen molar-refractivity contribution >= 4 is 44.9 Å². The average molecular weight is 588 g/mol. The first-order chi connectivity index (χ1) is 19.1. The average Bonchev–Trinajstić information content (AvgIpc) is 3.77. The number of hydrogen-bond acceptors (Lipinski definition) is 5. The summed E-state index contributed by atoms with van der Waals surface area (Å²) < 4.78 is 69.0. The van der Waals surface area contributed by atoms with E-state index < -0.39 is 33.7 Å². The maximum atomic E-state index is 14.5. The van der Waals surface area contributed by atoms with Crippen molar-refractivity contribution in [3.8, 4) is 5.75 Å². The summed E-state index contributed by atoms with van der Waals surface area (Å²) >= 11 is 6.24. The summed E-state index contributed by atoms with van der Waals surface area (Å²) in [5.41, 5.74) is 2.09. The molecule has 0 amide bonds. The Kier molecular flexibility index (Phi) is 7.88. The minimum atomic E-state index is -4.14. The van der Waals surface area contributed by atoms with E-state index in [2.05, 4.69) is 0 Å². The lowest BCUT2D eigenvalue weighted by molar-refractivity contribution is -0.141. The smallest absolute Gasteiger partial charge is 0.305 e. The molecule has 1 aliphatic heterocycles. The van der Waals surface area contributed by atoms with Gasteiger partial charge in [-0.2, -0.15) is 0 Å². The summed E-state index contributed by atoms with van der Waals surface area (Å²) in [7, 11) is -2.85. The highest BCUT2D eigenvalue weighted by molar-refractivity contribution is 7.92. The molecule has 2 aliphatic rings. The lowest BCUT2D eigenvalue weighted by atomic mass is 10.0. The monoisotopic (exact) mass is 587 g/mol. The highest BCUT2D eigenvalue weighted by atomic mass is 35.5. The number of carbonyl (C=O) groups excluding carboxylic acids is 1. The summed E-state index contributed by atoms with van der Waals surface area (Å²) in [4.78, 5) is 11.7. The number of carbonyl (C=O) groups is 1. The number of sulfonamides is 1. The van der Waals surface area contributed by atoms with Crippen molar-refractivity contribution in [2.75, 3.05) is 18.0 Å². The van der Waals surface area contributed by atoms with Gasteiger partial charge in [-0.05, 0) is 91.3 Å². The van der Waals surface area contributed by atoms with Gasteiger partial charge in [0.25, 0.3) is 10.0 Å². The molecule has 0 radical (unpaired) electrons. The van der Waals surface area contributed by atoms with Crippen LogP contribution in [-0.2, 0) is 19.6 Å². The van der Waals surface area contributed by atoms with Gasteiger partial charge in [-0.1, -0.05) is 29.8 Å². The fourth-order valence-electron chi connectivity index (χ4n) is 4.89. The predicted molar refractivity (Wildman–Crippen MR) is 150 cm³/mol. The summed E-state index contributed by atoms with van der Waals surface area (Å²) in [5, 5.41) is 0.260. The third-order valence-corrected chi connectivity index (χ3v) is 9.22. The Labute approximate surface area is 237 Å². The van der Waals surface area contributed by atoms with E-state index in [0.717, 1.165) is 12.8 Å². The first kappa shape index (κ1) is 28.1. The molecule has 40 heavy (non-hydrogen) atoms. The van der Waals surface area contributed by atoms with E-state index in [4.69, 9.17) is 21.1 Å². The molecule has 3 aromatic carbocycles. The number of anilines is 1. The van der Waals surface area contributed by atoms with Gasteiger partial charge in [0, 0.05) is 12.0 Å². The van der Waals surface area contributed by atoms with Gasteiger partial charge < -0.3 is 9.47 Å². The van der Waals surface area contributed by atoms with Crippen LogP contribution < -0.4 is 9.04 Å². The van der Waals surface area contributed by atoms with E-state index in [0.29, 0.717) is 22.4 Å². The molecule has 1 saturated carbocycles. The predicted octanol–water partition coefficient (Wildman–Crippen LogP) is 6.97. The molecule has 0 spiro atoms. The van der Waals surface area contributed by atoms with E-state index in [1.807, 2.05) is 0 Å². The zero-order chi connectivity index (χ0) is 28.6. The molecule has 6 nitrogen and oxygen atoms in total. The van der Waals surface area contributed by atoms with E-state index >= 15 is 0 Å². The largest absolute Gasteiger partial charge is 0.486 e. The number of methoxy groups -OCH3 is 1. The van der Waals surface area contributed by atoms with Gasteiger partial charge in [-0.25, -0.2) is 17.2 Å². The first-order valence-corrected chi connectivity index (χ1v) is 14.7. The second-order valence-corrected chi connectivity index (χ2v) is 12.3. The van der Waals surface area contributed by atoms with Crippen LogP contribution in [0.25, 0.3) is 11.6 Å². The Morgan fingerprint density at radius 2 is 1.90 bits per heavy atom. The lowest BCUT2D eigenvalue weighted by Crippen LogP contribution is -2.43. The van der Waals surface area contributed by atoms with Gasteiger partial charge in [0.2, 0.25) is 0 Å². The first-order valence-electron chi connectivity index (χ1n) is 12.9. The number of hydrogen-bond donors (Lipinski definition) is 0. The fraction of sp³-hybridized carbons (Fsp3) is 0.300. The molecule has 0 aromatic heterocycles. The van der Waals surface area contributed by atoms with Crippen LogP contribution in [0.15, 0.2) is 59.5 Å². The van der Waals surface area contributed by atoms with Gasteiger partial charge in [0.05, 0.1) is 29.3 Å². The van der Waals surface area contributed by atoms with E-state index in [1.165, 1.54) is 41.7 Å². The van der Waals surface area contributed by atoms with Crippen LogP contribution in [0.5, 0.6) is 5.75 Å². The SMILES string of the molecule is COC(=O)CC[C@H]1CN(S(=O)(=O)c2ccc(F)c(C3CC3)c2)c2cc(/C=C(\C)c3c(F)cccc3Cl)ccc2O1. The number of rotatable bonds is 8. The lowest BCUT2D eigenvalue weighted by Gasteiger charge is -2.35. The number of allylic oxidation sites excluding steroid dienone is 1. The highest BCUT2D eigenvalue weighted by Crippen LogP contribution is 2.43. The molecular formula is C30H28ClF2NO5S. The molecule has 1 heterocycles. The Morgan fingerprint density at radius 3 is 2.60 bits per heavy atom. The number of halogens is 3. The van der Waals surface area contributed by atoms with E-state index in [-0.39, 0.29) is 46.5 Å². The minimum absolute atomic E-state index is 0.0184. The normalized spacial score (nSPS) is 17.3. The van der Waals surface area contributed by atoms with Crippen LogP contribution in [-0.4, -0.2) is 34.1 Å². The topological polar surface area (TPSA) is 72.9 Å². The Hall–Kier alpha value is -3.43. The van der Waals surface area contributed by atoms with E-state index in [9.17, 15) is 22.0 Å². The van der Waals surface area contributed by atoms with Crippen molar-refractivity contribution < 1.29 is 31.5 Å². The molecule has 3 aromatic rings. The van der Waals surface area contributed by atoms with Crippen molar-refractivity contribution in [3.05, 3.63) is 87.9 Å². The van der Waals surface area contributed by atoms with Crippen LogP contribution in [0.4, 0.5) is 14.5 Å². The number of benzene rings is 3. The zero-order valence-corrected chi connectivity index (χ0v) is 23.6. The van der Waals surface area contributed by atoms with Crippen molar-refractivity contribution in [1.82, 2.24) is 0 Å². The maximum Gasteiger partial charge on any atom is 0.305 e. The molecule has 0 bridgehead atoms. The van der Waals surface area contributed by atoms with Crippen molar-refractivity contribution in [2.45, 2.75) is 49.5 Å². The number of fused-ring (bicyclic) bond motifs is 1.